The molecular weight excluding hydrogens is 338 g/mol. The molecule has 5 heteroatoms. The second-order valence-electron chi connectivity index (χ2n) is 7.40. The van der Waals surface area contributed by atoms with Gasteiger partial charge < -0.3 is 15.1 Å². The largest absolute Gasteiger partial charge is 0.335 e. The number of carbonyl (C=O) groups is 2. The molecule has 1 heterocycles. The summed E-state index contributed by atoms with van der Waals surface area (Å²) in [7, 11) is 1.73. The van der Waals surface area contributed by atoms with Crippen LogP contribution in [0.1, 0.15) is 30.7 Å². The number of likely N-dealkylation sites (N-methyl/N-ethyl adjacent to an activating group) is 1. The summed E-state index contributed by atoms with van der Waals surface area (Å²) in [4.78, 5) is 29.0. The highest BCUT2D eigenvalue weighted by Crippen LogP contribution is 2.40. The maximum Gasteiger partial charge on any atom is 0.318 e. The van der Waals surface area contributed by atoms with Gasteiger partial charge in [-0.15, -0.1) is 0 Å². The van der Waals surface area contributed by atoms with Crippen LogP contribution in [-0.4, -0.2) is 42.5 Å². The standard InChI is InChI=1S/C22H25N3O2/c1-24(22(27)23-19-15-18(19)16-9-4-2-5-10-16)20-13-8-14-25(21(20)26)17-11-6-3-7-12-17/h2-7,9-12,18-20H,8,13-15H2,1H3,(H,23,27)/t18-,19-,20-/m1/s1. The van der Waals surface area contributed by atoms with Gasteiger partial charge in [-0.05, 0) is 37.0 Å². The Morgan fingerprint density at radius 3 is 2.44 bits per heavy atom. The predicted molar refractivity (Wildman–Crippen MR) is 106 cm³/mol. The Bertz CT molecular complexity index is 809. The van der Waals surface area contributed by atoms with Crippen LogP contribution >= 0.6 is 0 Å². The molecule has 4 rings (SSSR count). The van der Waals surface area contributed by atoms with E-state index < -0.39 is 6.04 Å². The summed E-state index contributed by atoms with van der Waals surface area (Å²) in [5, 5.41) is 3.09. The monoisotopic (exact) mass is 363 g/mol. The number of benzene rings is 2. The zero-order chi connectivity index (χ0) is 18.8. The summed E-state index contributed by atoms with van der Waals surface area (Å²) in [6.07, 6.45) is 2.55. The quantitative estimate of drug-likeness (QED) is 0.905. The Labute approximate surface area is 160 Å². The maximum atomic E-state index is 13.0. The van der Waals surface area contributed by atoms with Gasteiger partial charge in [-0.3, -0.25) is 4.79 Å². The third kappa shape index (κ3) is 3.68. The number of hydrogen-bond donors (Lipinski definition) is 1. The molecule has 1 saturated heterocycles. The fourth-order valence-electron chi connectivity index (χ4n) is 3.90. The van der Waals surface area contributed by atoms with Crippen LogP contribution in [0.2, 0.25) is 0 Å². The lowest BCUT2D eigenvalue weighted by molar-refractivity contribution is -0.123. The molecule has 2 fully saturated rings. The Morgan fingerprint density at radius 1 is 1.07 bits per heavy atom. The van der Waals surface area contributed by atoms with Gasteiger partial charge in [0.15, 0.2) is 0 Å². The topological polar surface area (TPSA) is 52.7 Å². The van der Waals surface area contributed by atoms with E-state index in [0.29, 0.717) is 18.9 Å². The molecule has 5 nitrogen and oxygen atoms in total. The van der Waals surface area contributed by atoms with Crippen molar-refractivity contribution in [3.63, 3.8) is 0 Å². The van der Waals surface area contributed by atoms with Gasteiger partial charge in [0.25, 0.3) is 0 Å². The number of nitrogens with one attached hydrogen (secondary N) is 1. The molecule has 1 saturated carbocycles. The van der Waals surface area contributed by atoms with Crippen molar-refractivity contribution in [3.05, 3.63) is 66.2 Å². The Morgan fingerprint density at radius 2 is 1.74 bits per heavy atom. The molecule has 27 heavy (non-hydrogen) atoms. The Balaban J connectivity index is 1.38. The van der Waals surface area contributed by atoms with Gasteiger partial charge in [0, 0.05) is 31.2 Å². The lowest BCUT2D eigenvalue weighted by Gasteiger charge is -2.36. The molecule has 1 N–H and O–H groups in total. The van der Waals surface area contributed by atoms with E-state index in [9.17, 15) is 9.59 Å². The van der Waals surface area contributed by atoms with E-state index in [4.69, 9.17) is 0 Å². The van der Waals surface area contributed by atoms with Crippen LogP contribution in [0, 0.1) is 0 Å². The van der Waals surface area contributed by atoms with E-state index >= 15 is 0 Å². The highest BCUT2D eigenvalue weighted by molar-refractivity contribution is 5.99. The summed E-state index contributed by atoms with van der Waals surface area (Å²) in [6, 6.07) is 19.5. The van der Waals surface area contributed by atoms with Crippen LogP contribution in [0.15, 0.2) is 60.7 Å². The summed E-state index contributed by atoms with van der Waals surface area (Å²) in [5.74, 6) is 0.381. The van der Waals surface area contributed by atoms with Crippen molar-refractivity contribution < 1.29 is 9.59 Å². The lowest BCUT2D eigenvalue weighted by Crippen LogP contribution is -2.55. The SMILES string of the molecule is CN(C(=O)N[C@@H]1C[C@@H]1c1ccccc1)[C@@H]1CCCN(c2ccccc2)C1=O. The van der Waals surface area contributed by atoms with E-state index in [0.717, 1.165) is 18.5 Å². The molecule has 2 aliphatic rings. The van der Waals surface area contributed by atoms with E-state index in [1.165, 1.54) is 5.56 Å². The van der Waals surface area contributed by atoms with Gasteiger partial charge in [-0.1, -0.05) is 48.5 Å². The first-order chi connectivity index (χ1) is 13.1. The molecule has 0 unspecified atom stereocenters. The van der Waals surface area contributed by atoms with Gasteiger partial charge in [-0.25, -0.2) is 4.79 Å². The number of nitrogens with zero attached hydrogens (tertiary/aromatic N) is 2. The third-order valence-corrected chi connectivity index (χ3v) is 5.59. The summed E-state index contributed by atoms with van der Waals surface area (Å²) >= 11 is 0. The second-order valence-corrected chi connectivity index (χ2v) is 7.40. The minimum absolute atomic E-state index is 0.000469. The van der Waals surface area contributed by atoms with E-state index in [1.54, 1.807) is 16.8 Å². The molecule has 2 aromatic carbocycles. The minimum Gasteiger partial charge on any atom is -0.335 e. The summed E-state index contributed by atoms with van der Waals surface area (Å²) in [6.45, 7) is 0.702. The molecule has 0 radical (unpaired) electrons. The average molecular weight is 363 g/mol. The van der Waals surface area contributed by atoms with Gasteiger partial charge in [-0.2, -0.15) is 0 Å². The van der Waals surface area contributed by atoms with Gasteiger partial charge in [0.05, 0.1) is 0 Å². The van der Waals surface area contributed by atoms with Crippen molar-refractivity contribution in [1.29, 1.82) is 0 Å². The second kappa shape index (κ2) is 7.43. The molecule has 0 aromatic heterocycles. The minimum atomic E-state index is -0.409. The van der Waals surface area contributed by atoms with Crippen molar-refractivity contribution in [2.45, 2.75) is 37.3 Å². The number of amides is 3. The molecule has 0 bridgehead atoms. The van der Waals surface area contributed by atoms with Crippen LogP contribution < -0.4 is 10.2 Å². The van der Waals surface area contributed by atoms with Gasteiger partial charge in [0.2, 0.25) is 5.91 Å². The third-order valence-electron chi connectivity index (χ3n) is 5.59. The molecule has 3 amide bonds. The average Bonchev–Trinajstić information content (AvgIpc) is 3.48. The highest BCUT2D eigenvalue weighted by Gasteiger charge is 2.41. The Kier molecular flexibility index (Phi) is 4.84. The number of hydrogen-bond acceptors (Lipinski definition) is 2. The molecule has 1 aliphatic heterocycles. The van der Waals surface area contributed by atoms with Crippen molar-refractivity contribution in [2.24, 2.45) is 0 Å². The first kappa shape index (κ1) is 17.6. The molecule has 0 spiro atoms. The zero-order valence-corrected chi connectivity index (χ0v) is 15.5. The molecular formula is C22H25N3O2. The van der Waals surface area contributed by atoms with E-state index in [2.05, 4.69) is 17.4 Å². The van der Waals surface area contributed by atoms with Crippen molar-refractivity contribution in [2.75, 3.05) is 18.5 Å². The number of anilines is 1. The van der Waals surface area contributed by atoms with Crippen LogP contribution in [0.5, 0.6) is 0 Å². The lowest BCUT2D eigenvalue weighted by atomic mass is 10.0. The highest BCUT2D eigenvalue weighted by atomic mass is 16.2. The number of urea groups is 1. The number of para-hydroxylation sites is 1. The first-order valence-electron chi connectivity index (χ1n) is 9.60. The summed E-state index contributed by atoms with van der Waals surface area (Å²) in [5.41, 5.74) is 2.15. The smallest absolute Gasteiger partial charge is 0.318 e. The van der Waals surface area contributed by atoms with E-state index in [1.807, 2.05) is 48.5 Å². The van der Waals surface area contributed by atoms with E-state index in [-0.39, 0.29) is 18.0 Å². The fraction of sp³-hybridized carbons (Fsp3) is 0.364. The fourth-order valence-corrected chi connectivity index (χ4v) is 3.90. The zero-order valence-electron chi connectivity index (χ0n) is 15.5. The maximum absolute atomic E-state index is 13.0. The van der Waals surface area contributed by atoms with Gasteiger partial charge in [0.1, 0.15) is 6.04 Å². The molecule has 3 atom stereocenters. The molecule has 2 aromatic rings. The van der Waals surface area contributed by atoms with Crippen molar-refractivity contribution in [1.82, 2.24) is 10.2 Å². The van der Waals surface area contributed by atoms with Crippen molar-refractivity contribution in [3.8, 4) is 0 Å². The molecule has 1 aliphatic carbocycles. The van der Waals surface area contributed by atoms with Crippen LogP contribution in [-0.2, 0) is 4.79 Å². The number of carbonyl (C=O) groups excluding carboxylic acids is 2. The summed E-state index contributed by atoms with van der Waals surface area (Å²) < 4.78 is 0. The van der Waals surface area contributed by atoms with Crippen LogP contribution in [0.4, 0.5) is 10.5 Å². The van der Waals surface area contributed by atoms with Crippen molar-refractivity contribution >= 4 is 17.6 Å². The predicted octanol–water partition coefficient (Wildman–Crippen LogP) is 3.38. The Hall–Kier alpha value is -2.82. The van der Waals surface area contributed by atoms with Gasteiger partial charge >= 0.3 is 6.03 Å². The number of rotatable bonds is 4. The molecule has 140 valence electrons. The van der Waals surface area contributed by atoms with Crippen LogP contribution in [0.3, 0.4) is 0 Å². The van der Waals surface area contributed by atoms with Crippen LogP contribution in [0.25, 0.3) is 0 Å². The normalized spacial score (nSPS) is 24.4. The number of piperidine rings is 1. The first-order valence-corrected chi connectivity index (χ1v) is 9.60.